The fraction of sp³-hybridized carbons (Fsp3) is 0.833. The summed E-state index contributed by atoms with van der Waals surface area (Å²) in [6.07, 6.45) is 6.96. The highest BCUT2D eigenvalue weighted by molar-refractivity contribution is 7.91. The zero-order chi connectivity index (χ0) is 13.7. The highest BCUT2D eigenvalue weighted by Crippen LogP contribution is 2.26. The van der Waals surface area contributed by atoms with Crippen LogP contribution in [0.15, 0.2) is 11.5 Å². The zero-order valence-corrected chi connectivity index (χ0v) is 12.1. The van der Waals surface area contributed by atoms with Crippen LogP contribution in [0.5, 0.6) is 0 Å². The number of hydrogen-bond donors (Lipinski definition) is 0. The molecule has 0 radical (unpaired) electrons. The molecule has 1 heterocycles. The average Bonchev–Trinajstić information content (AvgIpc) is 2.86. The Labute approximate surface area is 114 Å². The molecule has 2 rings (SSSR count). The molecule has 0 saturated heterocycles. The molecular formula is C12H21N3O3S. The first-order chi connectivity index (χ1) is 9.13. The minimum absolute atomic E-state index is 0.0788. The van der Waals surface area contributed by atoms with Crippen LogP contribution >= 0.6 is 0 Å². The summed E-state index contributed by atoms with van der Waals surface area (Å²) >= 11 is 0. The molecule has 1 saturated carbocycles. The van der Waals surface area contributed by atoms with Gasteiger partial charge in [0, 0.05) is 13.7 Å². The normalized spacial score (nSPS) is 17.7. The molecule has 1 aliphatic carbocycles. The van der Waals surface area contributed by atoms with Crippen molar-refractivity contribution in [1.82, 2.24) is 14.8 Å². The fourth-order valence-corrected chi connectivity index (χ4v) is 4.34. The summed E-state index contributed by atoms with van der Waals surface area (Å²) in [5.74, 6) is 0.463. The van der Waals surface area contributed by atoms with Gasteiger partial charge in [-0.3, -0.25) is 0 Å². The highest BCUT2D eigenvalue weighted by atomic mass is 32.2. The Morgan fingerprint density at radius 1 is 1.37 bits per heavy atom. The Balaban J connectivity index is 2.08. The number of aromatic nitrogens is 3. The molecule has 108 valence electrons. The van der Waals surface area contributed by atoms with E-state index in [1.54, 1.807) is 11.7 Å². The van der Waals surface area contributed by atoms with Crippen molar-refractivity contribution in [1.29, 1.82) is 0 Å². The molecule has 1 aliphatic rings. The number of nitrogens with zero attached hydrogens (tertiary/aromatic N) is 3. The van der Waals surface area contributed by atoms with Gasteiger partial charge in [-0.05, 0) is 18.8 Å². The van der Waals surface area contributed by atoms with Gasteiger partial charge in [-0.15, -0.1) is 10.2 Å². The van der Waals surface area contributed by atoms with Gasteiger partial charge in [0.1, 0.15) is 6.33 Å². The molecule has 0 unspecified atom stereocenters. The van der Waals surface area contributed by atoms with Gasteiger partial charge in [-0.1, -0.05) is 19.3 Å². The Kier molecular flexibility index (Phi) is 4.93. The van der Waals surface area contributed by atoms with E-state index in [-0.39, 0.29) is 16.8 Å². The standard InChI is InChI=1S/C12H21N3O3S/c1-18-8-7-15-10-13-14-12(15)19(16,17)9-11-5-3-2-4-6-11/h10-11H,2-9H2,1H3. The Morgan fingerprint density at radius 2 is 2.11 bits per heavy atom. The van der Waals surface area contributed by atoms with Crippen molar-refractivity contribution in [2.45, 2.75) is 43.8 Å². The number of rotatable bonds is 6. The Bertz CT molecular complexity index is 492. The van der Waals surface area contributed by atoms with E-state index in [9.17, 15) is 8.42 Å². The molecule has 0 aromatic carbocycles. The van der Waals surface area contributed by atoms with Crippen molar-refractivity contribution in [3.05, 3.63) is 6.33 Å². The van der Waals surface area contributed by atoms with Gasteiger partial charge in [0.05, 0.1) is 12.4 Å². The van der Waals surface area contributed by atoms with Gasteiger partial charge in [-0.25, -0.2) is 8.42 Å². The zero-order valence-electron chi connectivity index (χ0n) is 11.3. The second kappa shape index (κ2) is 6.47. The third-order valence-corrected chi connectivity index (χ3v) is 5.36. The molecule has 1 aromatic rings. The van der Waals surface area contributed by atoms with Crippen molar-refractivity contribution < 1.29 is 13.2 Å². The average molecular weight is 287 g/mol. The molecule has 19 heavy (non-hydrogen) atoms. The number of methoxy groups -OCH3 is 1. The molecule has 0 aliphatic heterocycles. The Hall–Kier alpha value is -0.950. The summed E-state index contributed by atoms with van der Waals surface area (Å²) in [5, 5.41) is 7.57. The third kappa shape index (κ3) is 3.76. The van der Waals surface area contributed by atoms with E-state index < -0.39 is 9.84 Å². The highest BCUT2D eigenvalue weighted by Gasteiger charge is 2.27. The smallest absolute Gasteiger partial charge is 0.249 e. The van der Waals surface area contributed by atoms with Crippen LogP contribution in [0.1, 0.15) is 32.1 Å². The maximum atomic E-state index is 12.4. The monoisotopic (exact) mass is 287 g/mol. The predicted molar refractivity (Wildman–Crippen MR) is 70.5 cm³/mol. The largest absolute Gasteiger partial charge is 0.383 e. The molecule has 1 aromatic heterocycles. The Morgan fingerprint density at radius 3 is 2.79 bits per heavy atom. The van der Waals surface area contributed by atoms with E-state index in [2.05, 4.69) is 10.2 Å². The van der Waals surface area contributed by atoms with Crippen molar-refractivity contribution >= 4 is 9.84 Å². The maximum absolute atomic E-state index is 12.4. The van der Waals surface area contributed by atoms with Gasteiger partial charge < -0.3 is 9.30 Å². The fourth-order valence-electron chi connectivity index (χ4n) is 2.57. The van der Waals surface area contributed by atoms with Gasteiger partial charge >= 0.3 is 0 Å². The van der Waals surface area contributed by atoms with Crippen molar-refractivity contribution in [2.24, 2.45) is 5.92 Å². The van der Waals surface area contributed by atoms with E-state index >= 15 is 0 Å². The van der Waals surface area contributed by atoms with E-state index in [4.69, 9.17) is 4.74 Å². The first-order valence-electron chi connectivity index (χ1n) is 6.73. The molecule has 1 fully saturated rings. The quantitative estimate of drug-likeness (QED) is 0.788. The summed E-state index contributed by atoms with van der Waals surface area (Å²) in [6.45, 7) is 0.909. The molecule has 0 atom stereocenters. The number of hydrogen-bond acceptors (Lipinski definition) is 5. The molecule has 0 spiro atoms. The molecular weight excluding hydrogens is 266 g/mol. The van der Waals surface area contributed by atoms with Crippen LogP contribution in [0.2, 0.25) is 0 Å². The van der Waals surface area contributed by atoms with E-state index in [0.29, 0.717) is 13.2 Å². The molecule has 0 bridgehead atoms. The lowest BCUT2D eigenvalue weighted by Crippen LogP contribution is -2.22. The van der Waals surface area contributed by atoms with Crippen molar-refractivity contribution in [3.8, 4) is 0 Å². The predicted octanol–water partition coefficient (Wildman–Crippen LogP) is 1.28. The summed E-state index contributed by atoms with van der Waals surface area (Å²) in [4.78, 5) is 0. The second-order valence-electron chi connectivity index (χ2n) is 5.09. The first-order valence-corrected chi connectivity index (χ1v) is 8.38. The SMILES string of the molecule is COCCn1cnnc1S(=O)(=O)CC1CCCCC1. The lowest BCUT2D eigenvalue weighted by Gasteiger charge is -2.21. The number of sulfone groups is 1. The van der Waals surface area contributed by atoms with Crippen molar-refractivity contribution in [2.75, 3.05) is 19.5 Å². The van der Waals surface area contributed by atoms with Crippen LogP contribution in [-0.2, 0) is 21.1 Å². The van der Waals surface area contributed by atoms with E-state index in [1.165, 1.54) is 12.7 Å². The molecule has 0 amide bonds. The van der Waals surface area contributed by atoms with Crippen LogP contribution in [0.25, 0.3) is 0 Å². The second-order valence-corrected chi connectivity index (χ2v) is 7.01. The topological polar surface area (TPSA) is 74.1 Å². The minimum atomic E-state index is -3.34. The van der Waals surface area contributed by atoms with Crippen molar-refractivity contribution in [3.63, 3.8) is 0 Å². The van der Waals surface area contributed by atoms with E-state index in [0.717, 1.165) is 25.7 Å². The van der Waals surface area contributed by atoms with Crippen LogP contribution in [0, 0.1) is 5.92 Å². The van der Waals surface area contributed by atoms with Gasteiger partial charge in [0.15, 0.2) is 0 Å². The van der Waals surface area contributed by atoms with Gasteiger partial charge in [0.2, 0.25) is 15.0 Å². The summed E-state index contributed by atoms with van der Waals surface area (Å²) in [6, 6.07) is 0. The van der Waals surface area contributed by atoms with Crippen LogP contribution in [-0.4, -0.2) is 42.7 Å². The van der Waals surface area contributed by atoms with Crippen LogP contribution in [0.4, 0.5) is 0 Å². The van der Waals surface area contributed by atoms with Gasteiger partial charge in [0.25, 0.3) is 0 Å². The lowest BCUT2D eigenvalue weighted by molar-refractivity contribution is 0.184. The van der Waals surface area contributed by atoms with E-state index in [1.807, 2.05) is 0 Å². The molecule has 7 heteroatoms. The lowest BCUT2D eigenvalue weighted by atomic mass is 9.91. The summed E-state index contributed by atoms with van der Waals surface area (Å²) < 4.78 is 31.3. The first kappa shape index (κ1) is 14.5. The summed E-state index contributed by atoms with van der Waals surface area (Å²) in [7, 11) is -1.76. The third-order valence-electron chi connectivity index (χ3n) is 3.57. The summed E-state index contributed by atoms with van der Waals surface area (Å²) in [5.41, 5.74) is 0. The number of ether oxygens (including phenoxy) is 1. The van der Waals surface area contributed by atoms with Crippen LogP contribution in [0.3, 0.4) is 0 Å². The molecule has 6 nitrogen and oxygen atoms in total. The minimum Gasteiger partial charge on any atom is -0.383 e. The van der Waals surface area contributed by atoms with Gasteiger partial charge in [-0.2, -0.15) is 0 Å². The van der Waals surface area contributed by atoms with Crippen LogP contribution < -0.4 is 0 Å². The maximum Gasteiger partial charge on any atom is 0.249 e. The molecule has 0 N–H and O–H groups in total.